The van der Waals surface area contributed by atoms with Gasteiger partial charge in [-0.25, -0.2) is 0 Å². The van der Waals surface area contributed by atoms with Crippen molar-refractivity contribution in [2.45, 2.75) is 26.2 Å². The third-order valence-electron chi connectivity index (χ3n) is 3.49. The first-order valence-corrected chi connectivity index (χ1v) is 8.78. The van der Waals surface area contributed by atoms with Gasteiger partial charge in [0.25, 0.3) is 0 Å². The second-order valence-corrected chi connectivity index (χ2v) is 7.35. The molecule has 0 aliphatic rings. The first kappa shape index (κ1) is 15.7. The number of hydrogen-bond donors (Lipinski definition) is 1. The lowest BCUT2D eigenvalue weighted by molar-refractivity contribution is 0.496. The van der Waals surface area contributed by atoms with E-state index in [-0.39, 0.29) is 0 Å². The van der Waals surface area contributed by atoms with Crippen molar-refractivity contribution in [3.63, 3.8) is 0 Å². The largest absolute Gasteiger partial charge is 0.319 e. The van der Waals surface area contributed by atoms with Gasteiger partial charge in [-0.3, -0.25) is 0 Å². The topological polar surface area (TPSA) is 12.0 Å². The average molecular weight is 352 g/mol. The van der Waals surface area contributed by atoms with E-state index >= 15 is 0 Å². The Kier molecular flexibility index (Phi) is 6.27. The van der Waals surface area contributed by atoms with Crippen LogP contribution in [-0.2, 0) is 19.3 Å². The van der Waals surface area contributed by atoms with E-state index in [1.54, 1.807) is 0 Å². The van der Waals surface area contributed by atoms with Gasteiger partial charge >= 0.3 is 0 Å². The Balaban J connectivity index is 2.00. The molecule has 0 amide bonds. The van der Waals surface area contributed by atoms with Crippen molar-refractivity contribution in [2.75, 3.05) is 13.6 Å². The highest BCUT2D eigenvalue weighted by Crippen LogP contribution is 2.22. The highest BCUT2D eigenvalue weighted by atomic mass is 79.9. The molecule has 0 saturated carbocycles. The molecule has 0 radical (unpaired) electrons. The smallest absolute Gasteiger partial charge is 0.0175 e. The fraction of sp³-hybridized carbons (Fsp3) is 0.412. The number of aryl methyl sites for hydroxylation is 1. The van der Waals surface area contributed by atoms with Crippen LogP contribution in [0.25, 0.3) is 0 Å². The van der Waals surface area contributed by atoms with Crippen LogP contribution >= 0.6 is 27.3 Å². The van der Waals surface area contributed by atoms with Crippen molar-refractivity contribution < 1.29 is 0 Å². The maximum Gasteiger partial charge on any atom is 0.0175 e. The van der Waals surface area contributed by atoms with Crippen LogP contribution < -0.4 is 5.32 Å². The van der Waals surface area contributed by atoms with E-state index in [9.17, 15) is 0 Å². The van der Waals surface area contributed by atoms with Gasteiger partial charge in [0.2, 0.25) is 0 Å². The molecular formula is C17H22BrNS. The Hall–Kier alpha value is -0.640. The number of halogens is 1. The second-order valence-electron chi connectivity index (χ2n) is 5.18. The summed E-state index contributed by atoms with van der Waals surface area (Å²) in [5, 5.41) is 3.34. The van der Waals surface area contributed by atoms with E-state index < -0.39 is 0 Å². The predicted molar refractivity (Wildman–Crippen MR) is 92.7 cm³/mol. The van der Waals surface area contributed by atoms with Crippen molar-refractivity contribution in [3.05, 3.63) is 56.2 Å². The van der Waals surface area contributed by atoms with E-state index in [0.29, 0.717) is 5.92 Å². The maximum absolute atomic E-state index is 3.50. The quantitative estimate of drug-likeness (QED) is 0.762. The van der Waals surface area contributed by atoms with Crippen LogP contribution in [-0.4, -0.2) is 13.6 Å². The van der Waals surface area contributed by atoms with Crippen molar-refractivity contribution >= 4 is 27.3 Å². The highest BCUT2D eigenvalue weighted by Gasteiger charge is 2.11. The van der Waals surface area contributed by atoms with Gasteiger partial charge in [-0.1, -0.05) is 35.0 Å². The van der Waals surface area contributed by atoms with Gasteiger partial charge in [0.15, 0.2) is 0 Å². The fourth-order valence-electron chi connectivity index (χ4n) is 2.47. The van der Waals surface area contributed by atoms with Crippen LogP contribution in [0.15, 0.2) is 40.9 Å². The van der Waals surface area contributed by atoms with Crippen molar-refractivity contribution in [3.8, 4) is 0 Å². The van der Waals surface area contributed by atoms with Crippen LogP contribution in [0.1, 0.15) is 22.2 Å². The number of hydrogen-bond acceptors (Lipinski definition) is 2. The van der Waals surface area contributed by atoms with Crippen molar-refractivity contribution in [1.29, 1.82) is 0 Å². The summed E-state index contributed by atoms with van der Waals surface area (Å²) in [6.45, 7) is 3.29. The van der Waals surface area contributed by atoms with Gasteiger partial charge in [-0.05, 0) is 68.6 Å². The minimum Gasteiger partial charge on any atom is -0.319 e. The van der Waals surface area contributed by atoms with E-state index in [4.69, 9.17) is 0 Å². The summed E-state index contributed by atoms with van der Waals surface area (Å²) in [5.74, 6) is 0.657. The standard InChI is InChI=1S/C17H22BrNS/c1-3-16-8-9-17(20-16)11-14(12-19-2)10-13-4-6-15(18)7-5-13/h4-9,14,19H,3,10-12H2,1-2H3. The fourth-order valence-corrected chi connectivity index (χ4v) is 3.80. The molecule has 1 aromatic carbocycles. The van der Waals surface area contributed by atoms with Crippen LogP contribution in [0.3, 0.4) is 0 Å². The summed E-state index contributed by atoms with van der Waals surface area (Å²) in [4.78, 5) is 3.01. The van der Waals surface area contributed by atoms with E-state index in [0.717, 1.165) is 23.9 Å². The summed E-state index contributed by atoms with van der Waals surface area (Å²) >= 11 is 5.46. The molecule has 20 heavy (non-hydrogen) atoms. The molecule has 0 spiro atoms. The minimum atomic E-state index is 0.657. The zero-order valence-corrected chi connectivity index (χ0v) is 14.6. The molecule has 2 rings (SSSR count). The molecule has 0 saturated heterocycles. The SMILES string of the molecule is CCc1ccc(CC(CNC)Cc2ccc(Br)cc2)s1. The first-order chi connectivity index (χ1) is 9.71. The molecule has 1 atom stereocenters. The first-order valence-electron chi connectivity index (χ1n) is 7.18. The molecule has 1 nitrogen and oxygen atoms in total. The third kappa shape index (κ3) is 4.72. The molecule has 0 aliphatic carbocycles. The molecule has 2 aromatic rings. The molecule has 108 valence electrons. The van der Waals surface area contributed by atoms with Crippen molar-refractivity contribution in [2.24, 2.45) is 5.92 Å². The van der Waals surface area contributed by atoms with Crippen LogP contribution in [0.2, 0.25) is 0 Å². The lowest BCUT2D eigenvalue weighted by Crippen LogP contribution is -2.22. The summed E-state index contributed by atoms with van der Waals surface area (Å²) in [6.07, 6.45) is 3.45. The molecule has 3 heteroatoms. The number of nitrogens with one attached hydrogen (secondary N) is 1. The Morgan fingerprint density at radius 2 is 1.75 bits per heavy atom. The third-order valence-corrected chi connectivity index (χ3v) is 5.27. The van der Waals surface area contributed by atoms with Crippen LogP contribution in [0, 0.1) is 5.92 Å². The summed E-state index contributed by atoms with van der Waals surface area (Å²) in [6, 6.07) is 13.3. The highest BCUT2D eigenvalue weighted by molar-refractivity contribution is 9.10. The molecule has 1 heterocycles. The van der Waals surface area contributed by atoms with E-state index in [1.165, 1.54) is 21.7 Å². The number of benzene rings is 1. The molecule has 1 N–H and O–H groups in total. The average Bonchev–Trinajstić information content (AvgIpc) is 2.89. The van der Waals surface area contributed by atoms with Crippen molar-refractivity contribution in [1.82, 2.24) is 5.32 Å². The van der Waals surface area contributed by atoms with Crippen LogP contribution in [0.5, 0.6) is 0 Å². The lowest BCUT2D eigenvalue weighted by atomic mass is 9.95. The van der Waals surface area contributed by atoms with Gasteiger partial charge < -0.3 is 5.32 Å². The predicted octanol–water partition coefficient (Wildman–Crippen LogP) is 4.69. The van der Waals surface area contributed by atoms with E-state index in [2.05, 4.69) is 64.6 Å². The molecule has 0 aliphatic heterocycles. The summed E-state index contributed by atoms with van der Waals surface area (Å²) in [5.41, 5.74) is 1.42. The van der Waals surface area contributed by atoms with Gasteiger partial charge in [0.05, 0.1) is 0 Å². The molecule has 1 aromatic heterocycles. The van der Waals surface area contributed by atoms with Gasteiger partial charge in [0.1, 0.15) is 0 Å². The summed E-state index contributed by atoms with van der Waals surface area (Å²) < 4.78 is 1.15. The summed E-state index contributed by atoms with van der Waals surface area (Å²) in [7, 11) is 2.04. The lowest BCUT2D eigenvalue weighted by Gasteiger charge is -2.16. The van der Waals surface area contributed by atoms with E-state index in [1.807, 2.05) is 18.4 Å². The maximum atomic E-state index is 3.50. The zero-order valence-electron chi connectivity index (χ0n) is 12.2. The molecular weight excluding hydrogens is 330 g/mol. The van der Waals surface area contributed by atoms with Gasteiger partial charge in [0, 0.05) is 14.2 Å². The number of thiophene rings is 1. The monoisotopic (exact) mass is 351 g/mol. The molecule has 1 unspecified atom stereocenters. The normalized spacial score (nSPS) is 12.6. The second kappa shape index (κ2) is 7.96. The Morgan fingerprint density at radius 1 is 1.05 bits per heavy atom. The molecule has 0 fully saturated rings. The Bertz CT molecular complexity index is 518. The Labute approximate surface area is 134 Å². The van der Waals surface area contributed by atoms with Gasteiger partial charge in [-0.15, -0.1) is 11.3 Å². The zero-order chi connectivity index (χ0) is 14.4. The van der Waals surface area contributed by atoms with Crippen LogP contribution in [0.4, 0.5) is 0 Å². The number of rotatable bonds is 7. The minimum absolute atomic E-state index is 0.657. The van der Waals surface area contributed by atoms with Gasteiger partial charge in [-0.2, -0.15) is 0 Å². The molecule has 0 bridgehead atoms. The Morgan fingerprint density at radius 3 is 2.35 bits per heavy atom.